The number of hydrogen-bond acceptors (Lipinski definition) is 3. The van der Waals surface area contributed by atoms with Crippen LogP contribution in [0, 0.1) is 5.92 Å². The molecule has 96 valence electrons. The fourth-order valence-electron chi connectivity index (χ4n) is 2.89. The van der Waals surface area contributed by atoms with E-state index in [0.29, 0.717) is 18.9 Å². The van der Waals surface area contributed by atoms with Crippen molar-refractivity contribution in [3.63, 3.8) is 0 Å². The lowest BCUT2D eigenvalue weighted by Gasteiger charge is -2.21. The molecule has 2 aliphatic rings. The quantitative estimate of drug-likeness (QED) is 0.822. The minimum atomic E-state index is 0.228. The molecule has 1 aromatic rings. The molecule has 0 radical (unpaired) electrons. The van der Waals surface area contributed by atoms with Gasteiger partial charge in [0, 0.05) is 18.8 Å². The Morgan fingerprint density at radius 1 is 1.44 bits per heavy atom. The SMILES string of the molecule is NCc1ccc2c(c1)CC(=O)N2CC1CCNC1. The van der Waals surface area contributed by atoms with Gasteiger partial charge in [-0.2, -0.15) is 0 Å². The fraction of sp³-hybridized carbons (Fsp3) is 0.500. The van der Waals surface area contributed by atoms with E-state index in [4.69, 9.17) is 5.73 Å². The third-order valence-corrected chi connectivity index (χ3v) is 3.92. The first-order valence-corrected chi connectivity index (χ1v) is 6.61. The van der Waals surface area contributed by atoms with Crippen molar-refractivity contribution >= 4 is 11.6 Å². The van der Waals surface area contributed by atoms with Crippen LogP contribution in [0.1, 0.15) is 17.5 Å². The maximum atomic E-state index is 12.1. The number of nitrogens with one attached hydrogen (secondary N) is 1. The molecule has 18 heavy (non-hydrogen) atoms. The Labute approximate surface area is 107 Å². The van der Waals surface area contributed by atoms with E-state index in [1.54, 1.807) is 0 Å². The van der Waals surface area contributed by atoms with Crippen molar-refractivity contribution in [1.82, 2.24) is 5.32 Å². The molecule has 3 N–H and O–H groups in total. The third kappa shape index (κ3) is 2.02. The molecule has 3 rings (SSSR count). The van der Waals surface area contributed by atoms with Crippen LogP contribution in [0.4, 0.5) is 5.69 Å². The molecular weight excluding hydrogens is 226 g/mol. The van der Waals surface area contributed by atoms with Crippen molar-refractivity contribution in [3.05, 3.63) is 29.3 Å². The van der Waals surface area contributed by atoms with Crippen molar-refractivity contribution in [1.29, 1.82) is 0 Å². The first kappa shape index (κ1) is 11.7. The van der Waals surface area contributed by atoms with Gasteiger partial charge in [-0.15, -0.1) is 0 Å². The summed E-state index contributed by atoms with van der Waals surface area (Å²) in [4.78, 5) is 14.0. The Morgan fingerprint density at radius 3 is 3.06 bits per heavy atom. The van der Waals surface area contributed by atoms with Gasteiger partial charge in [0.05, 0.1) is 6.42 Å². The average molecular weight is 245 g/mol. The lowest BCUT2D eigenvalue weighted by molar-refractivity contribution is -0.117. The van der Waals surface area contributed by atoms with Crippen LogP contribution < -0.4 is 16.0 Å². The summed E-state index contributed by atoms with van der Waals surface area (Å²) in [6, 6.07) is 6.14. The Kier molecular flexibility index (Phi) is 3.06. The number of nitrogens with two attached hydrogens (primary N) is 1. The molecule has 2 heterocycles. The Bertz CT molecular complexity index is 466. The van der Waals surface area contributed by atoms with Crippen LogP contribution >= 0.6 is 0 Å². The second kappa shape index (κ2) is 4.71. The van der Waals surface area contributed by atoms with Crippen molar-refractivity contribution in [2.75, 3.05) is 24.5 Å². The van der Waals surface area contributed by atoms with Gasteiger partial charge < -0.3 is 16.0 Å². The molecule has 1 aromatic carbocycles. The minimum Gasteiger partial charge on any atom is -0.326 e. The summed E-state index contributed by atoms with van der Waals surface area (Å²) < 4.78 is 0. The number of amides is 1. The van der Waals surface area contributed by atoms with Gasteiger partial charge in [-0.25, -0.2) is 0 Å². The maximum absolute atomic E-state index is 12.1. The van der Waals surface area contributed by atoms with E-state index >= 15 is 0 Å². The normalized spacial score (nSPS) is 22.6. The molecule has 1 atom stereocenters. The molecule has 1 saturated heterocycles. The number of rotatable bonds is 3. The van der Waals surface area contributed by atoms with E-state index in [1.807, 2.05) is 17.0 Å². The Balaban J connectivity index is 1.82. The molecule has 0 bridgehead atoms. The first-order chi connectivity index (χ1) is 8.78. The van der Waals surface area contributed by atoms with E-state index in [0.717, 1.165) is 36.4 Å². The van der Waals surface area contributed by atoms with Crippen LogP contribution in [0.3, 0.4) is 0 Å². The first-order valence-electron chi connectivity index (χ1n) is 6.61. The maximum Gasteiger partial charge on any atom is 0.231 e. The summed E-state index contributed by atoms with van der Waals surface area (Å²) in [5, 5.41) is 3.35. The zero-order chi connectivity index (χ0) is 12.5. The summed E-state index contributed by atoms with van der Waals surface area (Å²) in [7, 11) is 0. The Hall–Kier alpha value is -1.39. The van der Waals surface area contributed by atoms with Crippen LogP contribution in [-0.2, 0) is 17.8 Å². The highest BCUT2D eigenvalue weighted by Gasteiger charge is 2.30. The van der Waals surface area contributed by atoms with Gasteiger partial charge in [-0.1, -0.05) is 12.1 Å². The lowest BCUT2D eigenvalue weighted by Crippen LogP contribution is -2.33. The van der Waals surface area contributed by atoms with Gasteiger partial charge in [0.1, 0.15) is 0 Å². The summed E-state index contributed by atoms with van der Waals surface area (Å²) in [6.07, 6.45) is 1.70. The summed E-state index contributed by atoms with van der Waals surface area (Å²) >= 11 is 0. The van der Waals surface area contributed by atoms with Gasteiger partial charge in [-0.05, 0) is 42.6 Å². The second-order valence-corrected chi connectivity index (χ2v) is 5.21. The van der Waals surface area contributed by atoms with Crippen LogP contribution in [0.5, 0.6) is 0 Å². The van der Waals surface area contributed by atoms with E-state index in [-0.39, 0.29) is 5.91 Å². The monoisotopic (exact) mass is 245 g/mol. The van der Waals surface area contributed by atoms with E-state index in [2.05, 4.69) is 11.4 Å². The number of anilines is 1. The molecule has 0 saturated carbocycles. The van der Waals surface area contributed by atoms with Crippen LogP contribution in [0.25, 0.3) is 0 Å². The zero-order valence-electron chi connectivity index (χ0n) is 10.5. The molecule has 2 aliphatic heterocycles. The zero-order valence-corrected chi connectivity index (χ0v) is 10.5. The number of nitrogens with zero attached hydrogens (tertiary/aromatic N) is 1. The number of benzene rings is 1. The molecule has 0 aliphatic carbocycles. The number of hydrogen-bond donors (Lipinski definition) is 2. The summed E-state index contributed by atoms with van der Waals surface area (Å²) in [5.74, 6) is 0.820. The third-order valence-electron chi connectivity index (χ3n) is 3.92. The second-order valence-electron chi connectivity index (χ2n) is 5.21. The van der Waals surface area contributed by atoms with Gasteiger partial charge in [0.2, 0.25) is 5.91 Å². The summed E-state index contributed by atoms with van der Waals surface area (Å²) in [6.45, 7) is 3.49. The highest BCUT2D eigenvalue weighted by Crippen LogP contribution is 2.31. The van der Waals surface area contributed by atoms with Gasteiger partial charge in [-0.3, -0.25) is 4.79 Å². The smallest absolute Gasteiger partial charge is 0.231 e. The van der Waals surface area contributed by atoms with Gasteiger partial charge in [0.25, 0.3) is 0 Å². The largest absolute Gasteiger partial charge is 0.326 e. The van der Waals surface area contributed by atoms with Gasteiger partial charge in [0.15, 0.2) is 0 Å². The Morgan fingerprint density at radius 2 is 2.33 bits per heavy atom. The molecule has 1 fully saturated rings. The number of fused-ring (bicyclic) bond motifs is 1. The topological polar surface area (TPSA) is 58.4 Å². The molecule has 4 heteroatoms. The predicted octanol–water partition coefficient (Wildman–Crippen LogP) is 0.644. The molecule has 0 aromatic heterocycles. The molecule has 4 nitrogen and oxygen atoms in total. The standard InChI is InChI=1S/C14H19N3O/c15-7-10-1-2-13-12(5-10)6-14(18)17(13)9-11-3-4-16-8-11/h1-2,5,11,16H,3-4,6-9,15H2. The van der Waals surface area contributed by atoms with Crippen LogP contribution in [0.15, 0.2) is 18.2 Å². The molecule has 1 amide bonds. The average Bonchev–Trinajstić information content (AvgIpc) is 2.98. The van der Waals surface area contributed by atoms with E-state index < -0.39 is 0 Å². The summed E-state index contributed by atoms with van der Waals surface area (Å²) in [5.41, 5.74) is 8.96. The van der Waals surface area contributed by atoms with Crippen LogP contribution in [-0.4, -0.2) is 25.5 Å². The van der Waals surface area contributed by atoms with E-state index in [9.17, 15) is 4.79 Å². The minimum absolute atomic E-state index is 0.228. The lowest BCUT2D eigenvalue weighted by atomic mass is 10.1. The molecule has 0 spiro atoms. The van der Waals surface area contributed by atoms with Crippen molar-refractivity contribution in [2.24, 2.45) is 11.7 Å². The predicted molar refractivity (Wildman–Crippen MR) is 71.4 cm³/mol. The number of carbonyl (C=O) groups excluding carboxylic acids is 1. The van der Waals surface area contributed by atoms with Crippen LogP contribution in [0.2, 0.25) is 0 Å². The fourth-order valence-corrected chi connectivity index (χ4v) is 2.89. The highest BCUT2D eigenvalue weighted by molar-refractivity contribution is 6.01. The molecular formula is C14H19N3O. The number of carbonyl (C=O) groups is 1. The van der Waals surface area contributed by atoms with Crippen molar-refractivity contribution in [2.45, 2.75) is 19.4 Å². The van der Waals surface area contributed by atoms with E-state index in [1.165, 1.54) is 6.42 Å². The van der Waals surface area contributed by atoms with Crippen molar-refractivity contribution < 1.29 is 4.79 Å². The van der Waals surface area contributed by atoms with Gasteiger partial charge >= 0.3 is 0 Å². The molecule has 1 unspecified atom stereocenters. The van der Waals surface area contributed by atoms with Crippen molar-refractivity contribution in [3.8, 4) is 0 Å². The highest BCUT2D eigenvalue weighted by atomic mass is 16.2.